The van der Waals surface area contributed by atoms with Crippen LogP contribution in [-0.2, 0) is 23.0 Å². The van der Waals surface area contributed by atoms with Gasteiger partial charge in [0.05, 0.1) is 10.6 Å². The number of amides is 2. The van der Waals surface area contributed by atoms with Crippen LogP contribution in [0.5, 0.6) is 0 Å². The molecule has 1 atom stereocenters. The third-order valence-electron chi connectivity index (χ3n) is 4.56. The molecule has 6 nitrogen and oxygen atoms in total. The zero-order valence-corrected chi connectivity index (χ0v) is 16.0. The minimum absolute atomic E-state index is 0.0296. The highest BCUT2D eigenvalue weighted by Crippen LogP contribution is 2.34. The summed E-state index contributed by atoms with van der Waals surface area (Å²) in [5.41, 5.74) is 2.65. The number of rotatable bonds is 4. The molecule has 2 amide bonds. The van der Waals surface area contributed by atoms with E-state index >= 15 is 0 Å². The summed E-state index contributed by atoms with van der Waals surface area (Å²) >= 11 is 0. The van der Waals surface area contributed by atoms with Gasteiger partial charge < -0.3 is 5.32 Å². The number of sulfonamides is 1. The molecule has 0 saturated heterocycles. The van der Waals surface area contributed by atoms with Gasteiger partial charge in [0.25, 0.3) is 0 Å². The Morgan fingerprint density at radius 1 is 1.19 bits per heavy atom. The Labute approximate surface area is 154 Å². The van der Waals surface area contributed by atoms with Gasteiger partial charge in [-0.3, -0.25) is 4.90 Å². The molecule has 2 aromatic carbocycles. The lowest BCUT2D eigenvalue weighted by Gasteiger charge is -2.23. The topological polar surface area (TPSA) is 69.7 Å². The third kappa shape index (κ3) is 3.45. The van der Waals surface area contributed by atoms with Gasteiger partial charge in [-0.2, -0.15) is 0 Å². The van der Waals surface area contributed by atoms with E-state index in [1.54, 1.807) is 23.1 Å². The van der Waals surface area contributed by atoms with Crippen molar-refractivity contribution in [1.29, 1.82) is 0 Å². The van der Waals surface area contributed by atoms with Crippen molar-refractivity contribution in [2.24, 2.45) is 0 Å². The summed E-state index contributed by atoms with van der Waals surface area (Å²) in [4.78, 5) is 14.6. The molecule has 0 radical (unpaired) electrons. The average molecular weight is 373 g/mol. The number of nitrogens with one attached hydrogen (secondary N) is 1. The smallest absolute Gasteiger partial charge is 0.322 e. The van der Waals surface area contributed by atoms with Crippen LogP contribution in [0.25, 0.3) is 0 Å². The minimum Gasteiger partial charge on any atom is -0.334 e. The Bertz CT molecular complexity index is 911. The van der Waals surface area contributed by atoms with Gasteiger partial charge in [0, 0.05) is 26.7 Å². The number of benzene rings is 2. The number of carbonyl (C=O) groups excluding carboxylic acids is 1. The van der Waals surface area contributed by atoms with Gasteiger partial charge in [0.15, 0.2) is 0 Å². The van der Waals surface area contributed by atoms with Gasteiger partial charge in [0.2, 0.25) is 10.0 Å². The van der Waals surface area contributed by atoms with Crippen LogP contribution in [0.3, 0.4) is 0 Å². The van der Waals surface area contributed by atoms with Crippen LogP contribution in [-0.4, -0.2) is 38.9 Å². The van der Waals surface area contributed by atoms with E-state index in [1.807, 2.05) is 37.3 Å². The first-order chi connectivity index (χ1) is 12.3. The molecule has 1 heterocycles. The zero-order chi connectivity index (χ0) is 18.9. The Balaban J connectivity index is 1.85. The molecule has 1 aliphatic heterocycles. The molecular weight excluding hydrogens is 350 g/mol. The summed E-state index contributed by atoms with van der Waals surface area (Å²) in [6.07, 6.45) is 0.705. The second-order valence-corrected chi connectivity index (χ2v) is 8.80. The molecule has 0 fully saturated rings. The molecule has 1 N–H and O–H groups in total. The lowest BCUT2D eigenvalue weighted by molar-refractivity contribution is 0.244. The monoisotopic (exact) mass is 373 g/mol. The molecular formula is C19H23N3O3S. The summed E-state index contributed by atoms with van der Waals surface area (Å²) in [6.45, 7) is 2.39. The first kappa shape index (κ1) is 18.4. The minimum atomic E-state index is -3.55. The molecule has 0 spiro atoms. The zero-order valence-electron chi connectivity index (χ0n) is 15.1. The van der Waals surface area contributed by atoms with E-state index in [0.717, 1.165) is 11.1 Å². The molecule has 3 rings (SSSR count). The normalized spacial score (nSPS) is 16.6. The fourth-order valence-corrected chi connectivity index (χ4v) is 4.05. The summed E-state index contributed by atoms with van der Waals surface area (Å²) in [7, 11) is -0.554. The maximum Gasteiger partial charge on any atom is 0.322 e. The maximum absolute atomic E-state index is 12.7. The first-order valence-electron chi connectivity index (χ1n) is 8.47. The molecule has 0 aliphatic carbocycles. The van der Waals surface area contributed by atoms with Crippen molar-refractivity contribution in [2.75, 3.05) is 19.0 Å². The van der Waals surface area contributed by atoms with Gasteiger partial charge in [-0.05, 0) is 36.6 Å². The van der Waals surface area contributed by atoms with E-state index in [4.69, 9.17) is 0 Å². The highest BCUT2D eigenvalue weighted by Gasteiger charge is 2.32. The molecule has 7 heteroatoms. The molecule has 1 unspecified atom stereocenters. The van der Waals surface area contributed by atoms with Gasteiger partial charge in [-0.15, -0.1) is 0 Å². The number of hydrogen-bond acceptors (Lipinski definition) is 3. The number of carbonyl (C=O) groups is 1. The molecule has 26 heavy (non-hydrogen) atoms. The number of fused-ring (bicyclic) bond motifs is 1. The van der Waals surface area contributed by atoms with E-state index in [0.29, 0.717) is 18.7 Å². The van der Waals surface area contributed by atoms with E-state index in [9.17, 15) is 13.2 Å². The molecule has 138 valence electrons. The van der Waals surface area contributed by atoms with Crippen LogP contribution in [0.15, 0.2) is 53.4 Å². The SMILES string of the molecule is CC1Cc2ccc(S(=O)(=O)N(C)C)cc2N1C(=O)NCc1ccccc1. The molecule has 0 saturated carbocycles. The van der Waals surface area contributed by atoms with Crippen molar-refractivity contribution in [3.05, 3.63) is 59.7 Å². The van der Waals surface area contributed by atoms with E-state index in [-0.39, 0.29) is 17.0 Å². The van der Waals surface area contributed by atoms with Crippen LogP contribution in [0.4, 0.5) is 10.5 Å². The molecule has 1 aliphatic rings. The largest absolute Gasteiger partial charge is 0.334 e. The van der Waals surface area contributed by atoms with Crippen LogP contribution >= 0.6 is 0 Å². The summed E-state index contributed by atoms with van der Waals surface area (Å²) < 4.78 is 26.0. The highest BCUT2D eigenvalue weighted by atomic mass is 32.2. The van der Waals surface area contributed by atoms with Gasteiger partial charge in [0.1, 0.15) is 0 Å². The van der Waals surface area contributed by atoms with Crippen molar-refractivity contribution < 1.29 is 13.2 Å². The fourth-order valence-electron chi connectivity index (χ4n) is 3.13. The van der Waals surface area contributed by atoms with Crippen molar-refractivity contribution in [1.82, 2.24) is 9.62 Å². The van der Waals surface area contributed by atoms with Gasteiger partial charge in [-0.25, -0.2) is 17.5 Å². The number of nitrogens with zero attached hydrogens (tertiary/aromatic N) is 2. The Hall–Kier alpha value is -2.38. The number of hydrogen-bond donors (Lipinski definition) is 1. The Morgan fingerprint density at radius 2 is 1.88 bits per heavy atom. The maximum atomic E-state index is 12.7. The van der Waals surface area contributed by atoms with Crippen molar-refractivity contribution in [3.63, 3.8) is 0 Å². The van der Waals surface area contributed by atoms with Crippen LogP contribution in [0, 0.1) is 0 Å². The Morgan fingerprint density at radius 3 is 2.54 bits per heavy atom. The fraction of sp³-hybridized carbons (Fsp3) is 0.316. The highest BCUT2D eigenvalue weighted by molar-refractivity contribution is 7.89. The van der Waals surface area contributed by atoms with Crippen molar-refractivity contribution >= 4 is 21.7 Å². The van der Waals surface area contributed by atoms with Crippen LogP contribution in [0.1, 0.15) is 18.1 Å². The number of anilines is 1. The lowest BCUT2D eigenvalue weighted by Crippen LogP contribution is -2.43. The first-order valence-corrected chi connectivity index (χ1v) is 9.91. The van der Waals surface area contributed by atoms with E-state index < -0.39 is 10.0 Å². The van der Waals surface area contributed by atoms with Gasteiger partial charge >= 0.3 is 6.03 Å². The predicted molar refractivity (Wildman–Crippen MR) is 102 cm³/mol. The second kappa shape index (κ2) is 7.09. The number of urea groups is 1. The van der Waals surface area contributed by atoms with Crippen molar-refractivity contribution in [2.45, 2.75) is 30.8 Å². The van der Waals surface area contributed by atoms with E-state index in [2.05, 4.69) is 5.32 Å². The average Bonchev–Trinajstić information content (AvgIpc) is 2.95. The second-order valence-electron chi connectivity index (χ2n) is 6.65. The van der Waals surface area contributed by atoms with Gasteiger partial charge in [-0.1, -0.05) is 36.4 Å². The molecule has 2 aromatic rings. The summed E-state index contributed by atoms with van der Waals surface area (Å²) in [5, 5.41) is 2.92. The Kier molecular flexibility index (Phi) is 5.02. The third-order valence-corrected chi connectivity index (χ3v) is 6.37. The van der Waals surface area contributed by atoms with Crippen LogP contribution in [0.2, 0.25) is 0 Å². The summed E-state index contributed by atoms with van der Waals surface area (Å²) in [5.74, 6) is 0. The predicted octanol–water partition coefficient (Wildman–Crippen LogP) is 2.60. The molecule has 0 aromatic heterocycles. The summed E-state index contributed by atoms with van der Waals surface area (Å²) in [6, 6.07) is 14.4. The van der Waals surface area contributed by atoms with E-state index in [1.165, 1.54) is 18.4 Å². The van der Waals surface area contributed by atoms with Crippen LogP contribution < -0.4 is 10.2 Å². The standard InChI is InChI=1S/C19H23N3O3S/c1-14-11-16-9-10-17(26(24,25)21(2)3)12-18(16)22(14)19(23)20-13-15-7-5-4-6-8-15/h4-10,12,14H,11,13H2,1-3H3,(H,20,23). The van der Waals surface area contributed by atoms with Crippen molar-refractivity contribution in [3.8, 4) is 0 Å². The lowest BCUT2D eigenvalue weighted by atomic mass is 10.1. The quantitative estimate of drug-likeness (QED) is 0.896. The molecule has 0 bridgehead atoms.